The van der Waals surface area contributed by atoms with Crippen molar-refractivity contribution in [3.8, 4) is 0 Å². The predicted octanol–water partition coefficient (Wildman–Crippen LogP) is 2.22. The quantitative estimate of drug-likeness (QED) is 0.723. The van der Waals surface area contributed by atoms with Crippen LogP contribution < -0.4 is 10.0 Å². The van der Waals surface area contributed by atoms with Crippen LogP contribution in [-0.4, -0.2) is 61.2 Å². The van der Waals surface area contributed by atoms with E-state index in [0.29, 0.717) is 17.6 Å². The van der Waals surface area contributed by atoms with Gasteiger partial charge in [0, 0.05) is 26.4 Å². The molecule has 9 heteroatoms. The molecule has 1 spiro atoms. The summed E-state index contributed by atoms with van der Waals surface area (Å²) in [7, 11) is -5.74. The number of primary sulfonamides is 1. The number of likely N-dealkylation sites (tertiary alicyclic amines) is 1. The third-order valence-corrected chi connectivity index (χ3v) is 8.71. The molecule has 1 saturated heterocycles. The minimum absolute atomic E-state index is 0.0486. The van der Waals surface area contributed by atoms with Crippen molar-refractivity contribution < 1.29 is 16.8 Å². The lowest BCUT2D eigenvalue weighted by molar-refractivity contribution is 0.0693. The molecule has 2 aliphatic rings. The Bertz CT molecular complexity index is 928. The van der Waals surface area contributed by atoms with Gasteiger partial charge in [0.25, 0.3) is 0 Å². The molecule has 164 valence electrons. The number of hydrogen-bond acceptors (Lipinski definition) is 6. The van der Waals surface area contributed by atoms with Crippen molar-refractivity contribution in [3.63, 3.8) is 0 Å². The van der Waals surface area contributed by atoms with Crippen LogP contribution in [0.3, 0.4) is 0 Å². The number of likely N-dealkylation sites (N-methyl/N-ethyl adjacent to an activating group) is 1. The van der Waals surface area contributed by atoms with Gasteiger partial charge in [0.05, 0.1) is 10.6 Å². The van der Waals surface area contributed by atoms with Gasteiger partial charge in [0.1, 0.15) is 4.90 Å². The van der Waals surface area contributed by atoms with E-state index in [0.717, 1.165) is 32.0 Å². The van der Waals surface area contributed by atoms with Crippen LogP contribution in [0.1, 0.15) is 44.9 Å². The number of sulfone groups is 1. The van der Waals surface area contributed by atoms with E-state index in [9.17, 15) is 16.8 Å². The van der Waals surface area contributed by atoms with Crippen LogP contribution >= 0.6 is 0 Å². The zero-order valence-corrected chi connectivity index (χ0v) is 19.1. The molecule has 7 nitrogen and oxygen atoms in total. The van der Waals surface area contributed by atoms with Gasteiger partial charge in [0.15, 0.2) is 9.84 Å². The minimum Gasteiger partial charge on any atom is -0.372 e. The van der Waals surface area contributed by atoms with Crippen molar-refractivity contribution in [1.29, 1.82) is 0 Å². The number of benzene rings is 1. The number of rotatable bonds is 6. The van der Waals surface area contributed by atoms with Crippen molar-refractivity contribution in [1.82, 2.24) is 4.90 Å². The lowest BCUT2D eigenvalue weighted by Gasteiger charge is -2.44. The van der Waals surface area contributed by atoms with E-state index >= 15 is 0 Å². The maximum Gasteiger partial charge on any atom is 0.240 e. The highest BCUT2D eigenvalue weighted by Crippen LogP contribution is 2.44. The Morgan fingerprint density at radius 2 is 1.66 bits per heavy atom. The third kappa shape index (κ3) is 5.51. The SMILES string of the molecule is CN(CCN1CCC2(CCCCC2)CC1)c1ccc(S(C)(=O)=O)cc1S(N)(=O)=O. The highest BCUT2D eigenvalue weighted by atomic mass is 32.2. The van der Waals surface area contributed by atoms with Crippen LogP contribution in [0, 0.1) is 5.41 Å². The number of hydrogen-bond donors (Lipinski definition) is 1. The molecule has 0 unspecified atom stereocenters. The van der Waals surface area contributed by atoms with E-state index < -0.39 is 19.9 Å². The molecule has 0 bridgehead atoms. The molecule has 3 rings (SSSR count). The molecule has 1 aromatic rings. The lowest BCUT2D eigenvalue weighted by atomic mass is 9.68. The minimum atomic E-state index is -4.04. The second-order valence-corrected chi connectivity index (χ2v) is 12.3. The summed E-state index contributed by atoms with van der Waals surface area (Å²) in [4.78, 5) is 4.09. The number of nitrogens with two attached hydrogens (primary N) is 1. The molecule has 0 radical (unpaired) electrons. The van der Waals surface area contributed by atoms with Crippen molar-refractivity contribution in [2.75, 3.05) is 44.4 Å². The molecule has 1 aromatic carbocycles. The largest absolute Gasteiger partial charge is 0.372 e. The number of sulfonamides is 1. The van der Waals surface area contributed by atoms with Gasteiger partial charge < -0.3 is 9.80 Å². The Hall–Kier alpha value is -1.16. The fourth-order valence-corrected chi connectivity index (χ4v) is 6.26. The van der Waals surface area contributed by atoms with Crippen LogP contribution in [-0.2, 0) is 19.9 Å². The van der Waals surface area contributed by atoms with Crippen molar-refractivity contribution >= 4 is 25.5 Å². The molecule has 1 saturated carbocycles. The summed E-state index contributed by atoms with van der Waals surface area (Å²) < 4.78 is 47.7. The number of nitrogens with zero attached hydrogens (tertiary/aromatic N) is 2. The highest BCUT2D eigenvalue weighted by molar-refractivity contribution is 7.91. The van der Waals surface area contributed by atoms with Gasteiger partial charge in [0.2, 0.25) is 10.0 Å². The van der Waals surface area contributed by atoms with E-state index in [1.807, 2.05) is 11.9 Å². The monoisotopic (exact) mass is 443 g/mol. The van der Waals surface area contributed by atoms with E-state index in [1.54, 1.807) is 0 Å². The maximum atomic E-state index is 12.1. The molecule has 2 fully saturated rings. The molecule has 0 atom stereocenters. The smallest absolute Gasteiger partial charge is 0.240 e. The molecule has 0 aromatic heterocycles. The second-order valence-electron chi connectivity index (χ2n) is 8.77. The van der Waals surface area contributed by atoms with E-state index in [2.05, 4.69) is 4.90 Å². The highest BCUT2D eigenvalue weighted by Gasteiger charge is 2.35. The topological polar surface area (TPSA) is 101 Å². The number of anilines is 1. The molecular weight excluding hydrogens is 410 g/mol. The summed E-state index contributed by atoms with van der Waals surface area (Å²) in [6.45, 7) is 3.66. The Labute approximate surface area is 175 Å². The Kier molecular flexibility index (Phi) is 6.62. The Balaban J connectivity index is 1.66. The summed E-state index contributed by atoms with van der Waals surface area (Å²) >= 11 is 0. The van der Waals surface area contributed by atoms with E-state index in [1.165, 1.54) is 57.1 Å². The van der Waals surface area contributed by atoms with Gasteiger partial charge in [-0.3, -0.25) is 0 Å². The molecule has 1 aliphatic heterocycles. The van der Waals surface area contributed by atoms with Gasteiger partial charge in [-0.15, -0.1) is 0 Å². The van der Waals surface area contributed by atoms with Gasteiger partial charge in [-0.25, -0.2) is 22.0 Å². The van der Waals surface area contributed by atoms with Crippen LogP contribution in [0.4, 0.5) is 5.69 Å². The van der Waals surface area contributed by atoms with Crippen molar-refractivity contribution in [2.45, 2.75) is 54.7 Å². The van der Waals surface area contributed by atoms with Crippen LogP contribution in [0.2, 0.25) is 0 Å². The Morgan fingerprint density at radius 1 is 1.03 bits per heavy atom. The molecule has 1 aliphatic carbocycles. The van der Waals surface area contributed by atoms with Gasteiger partial charge in [-0.05, 0) is 62.4 Å². The summed E-state index contributed by atoms with van der Waals surface area (Å²) in [5.41, 5.74) is 0.990. The van der Waals surface area contributed by atoms with Crippen molar-refractivity contribution in [2.24, 2.45) is 10.6 Å². The normalized spacial score (nSPS) is 20.7. The zero-order valence-electron chi connectivity index (χ0n) is 17.4. The third-order valence-electron chi connectivity index (χ3n) is 6.66. The Morgan fingerprint density at radius 3 is 2.21 bits per heavy atom. The van der Waals surface area contributed by atoms with Gasteiger partial charge in [-0.2, -0.15) is 0 Å². The van der Waals surface area contributed by atoms with E-state index in [-0.39, 0.29) is 9.79 Å². The molecule has 2 N–H and O–H groups in total. The first-order valence-electron chi connectivity index (χ1n) is 10.3. The first-order valence-corrected chi connectivity index (χ1v) is 13.7. The van der Waals surface area contributed by atoms with Gasteiger partial charge in [-0.1, -0.05) is 19.3 Å². The van der Waals surface area contributed by atoms with Crippen LogP contribution in [0.15, 0.2) is 28.0 Å². The molecular formula is C20H33N3O4S2. The fourth-order valence-electron chi connectivity index (χ4n) is 4.73. The van der Waals surface area contributed by atoms with Gasteiger partial charge >= 0.3 is 0 Å². The molecule has 1 heterocycles. The fraction of sp³-hybridized carbons (Fsp3) is 0.700. The molecule has 29 heavy (non-hydrogen) atoms. The number of piperidine rings is 1. The summed E-state index contributed by atoms with van der Waals surface area (Å²) in [5.74, 6) is 0. The van der Waals surface area contributed by atoms with Crippen LogP contribution in [0.25, 0.3) is 0 Å². The average molecular weight is 444 g/mol. The maximum absolute atomic E-state index is 12.1. The average Bonchev–Trinajstić information content (AvgIpc) is 2.66. The summed E-state index contributed by atoms with van der Waals surface area (Å²) in [6, 6.07) is 4.12. The second kappa shape index (κ2) is 8.53. The van der Waals surface area contributed by atoms with E-state index in [4.69, 9.17) is 5.14 Å². The predicted molar refractivity (Wildman–Crippen MR) is 115 cm³/mol. The first kappa shape index (κ1) is 22.5. The van der Waals surface area contributed by atoms with Crippen LogP contribution in [0.5, 0.6) is 0 Å². The zero-order chi connectivity index (χ0) is 21.3. The first-order chi connectivity index (χ1) is 13.5. The lowest BCUT2D eigenvalue weighted by Crippen LogP contribution is -2.43. The molecule has 0 amide bonds. The van der Waals surface area contributed by atoms with Crippen molar-refractivity contribution in [3.05, 3.63) is 18.2 Å². The standard InChI is InChI=1S/C20H33N3O4S2/c1-22(14-15-23-12-10-20(11-13-23)8-4-3-5-9-20)18-7-6-17(28(2,24)25)16-19(18)29(21,26)27/h6-7,16H,3-5,8-15H2,1-2H3,(H2,21,26,27). The summed E-state index contributed by atoms with van der Waals surface area (Å²) in [5, 5.41) is 5.37. The summed E-state index contributed by atoms with van der Waals surface area (Å²) in [6.07, 6.45) is 10.4.